The second-order valence-electron chi connectivity index (χ2n) is 4.59. The zero-order chi connectivity index (χ0) is 10.8. The zero-order valence-corrected chi connectivity index (χ0v) is 9.90. The first kappa shape index (κ1) is 10.7. The summed E-state index contributed by atoms with van der Waals surface area (Å²) < 4.78 is 2.09. The lowest BCUT2D eigenvalue weighted by Gasteiger charge is -2.22. The van der Waals surface area contributed by atoms with Crippen LogP contribution >= 0.6 is 0 Å². The van der Waals surface area contributed by atoms with Gasteiger partial charge in [-0.2, -0.15) is 5.10 Å². The minimum atomic E-state index is 0.535. The maximum Gasteiger partial charge on any atom is 0.0492 e. The topological polar surface area (TPSA) is 29.9 Å². The van der Waals surface area contributed by atoms with Gasteiger partial charge >= 0.3 is 0 Å². The van der Waals surface area contributed by atoms with E-state index >= 15 is 0 Å². The molecule has 0 amide bonds. The normalized spacial score (nSPS) is 20.2. The Morgan fingerprint density at radius 3 is 2.87 bits per heavy atom. The summed E-state index contributed by atoms with van der Waals surface area (Å²) in [4.78, 5) is 0. The molecule has 0 saturated heterocycles. The minimum Gasteiger partial charge on any atom is -0.311 e. The second kappa shape index (κ2) is 4.35. The number of aromatic nitrogens is 2. The highest BCUT2D eigenvalue weighted by Gasteiger charge is 2.26. The van der Waals surface area contributed by atoms with Crippen molar-refractivity contribution in [1.82, 2.24) is 15.1 Å². The zero-order valence-electron chi connectivity index (χ0n) is 9.90. The van der Waals surface area contributed by atoms with Gasteiger partial charge < -0.3 is 5.32 Å². The fraction of sp³-hybridized carbons (Fsp3) is 0.750. The molecule has 3 heteroatoms. The van der Waals surface area contributed by atoms with E-state index in [1.165, 1.54) is 18.5 Å². The smallest absolute Gasteiger partial charge is 0.0492 e. The largest absolute Gasteiger partial charge is 0.311 e. The predicted octanol–water partition coefficient (Wildman–Crippen LogP) is 2.15. The monoisotopic (exact) mass is 207 g/mol. The highest BCUT2D eigenvalue weighted by Crippen LogP contribution is 2.24. The first-order chi connectivity index (χ1) is 7.22. The number of aryl methyl sites for hydroxylation is 1. The molecule has 0 aromatic carbocycles. The molecule has 0 bridgehead atoms. The molecule has 1 fully saturated rings. The first-order valence-corrected chi connectivity index (χ1v) is 6.00. The lowest BCUT2D eigenvalue weighted by molar-refractivity contribution is 0.450. The van der Waals surface area contributed by atoms with E-state index in [1.807, 2.05) is 6.20 Å². The molecule has 2 unspecified atom stereocenters. The molecule has 1 N–H and O–H groups in total. The highest BCUT2D eigenvalue weighted by atomic mass is 15.3. The Bertz CT molecular complexity index is 314. The maximum absolute atomic E-state index is 4.32. The molecule has 84 valence electrons. The Balaban J connectivity index is 2.01. The molecule has 2 rings (SSSR count). The van der Waals surface area contributed by atoms with E-state index in [1.54, 1.807) is 0 Å². The highest BCUT2D eigenvalue weighted by molar-refractivity contribution is 5.10. The van der Waals surface area contributed by atoms with Crippen LogP contribution in [0.2, 0.25) is 0 Å². The quantitative estimate of drug-likeness (QED) is 0.801. The standard InChI is InChI=1S/C12H21N3/c1-4-15-12(7-8-13-15)9(2)10(3)14-11-5-6-11/h7-11,14H,4-6H2,1-3H3. The Morgan fingerprint density at radius 2 is 2.27 bits per heavy atom. The fourth-order valence-electron chi connectivity index (χ4n) is 2.02. The molecule has 0 radical (unpaired) electrons. The van der Waals surface area contributed by atoms with Gasteiger partial charge in [0, 0.05) is 36.4 Å². The van der Waals surface area contributed by atoms with Crippen LogP contribution in [0, 0.1) is 0 Å². The molecule has 1 heterocycles. The molecule has 0 spiro atoms. The number of nitrogens with zero attached hydrogens (tertiary/aromatic N) is 2. The fourth-order valence-corrected chi connectivity index (χ4v) is 2.02. The summed E-state index contributed by atoms with van der Waals surface area (Å²) in [7, 11) is 0. The molecule has 2 atom stereocenters. The third-order valence-corrected chi connectivity index (χ3v) is 3.34. The third-order valence-electron chi connectivity index (χ3n) is 3.34. The molecule has 3 nitrogen and oxygen atoms in total. The molecule has 1 aromatic heterocycles. The van der Waals surface area contributed by atoms with Gasteiger partial charge in [-0.3, -0.25) is 4.68 Å². The van der Waals surface area contributed by atoms with Crippen molar-refractivity contribution in [1.29, 1.82) is 0 Å². The van der Waals surface area contributed by atoms with Crippen LogP contribution in [0.3, 0.4) is 0 Å². The van der Waals surface area contributed by atoms with Gasteiger partial charge in [0.25, 0.3) is 0 Å². The first-order valence-electron chi connectivity index (χ1n) is 6.00. The lowest BCUT2D eigenvalue weighted by atomic mass is 9.99. The van der Waals surface area contributed by atoms with Crippen molar-refractivity contribution in [2.75, 3.05) is 0 Å². The van der Waals surface area contributed by atoms with Crippen molar-refractivity contribution < 1.29 is 0 Å². The van der Waals surface area contributed by atoms with E-state index in [-0.39, 0.29) is 0 Å². The minimum absolute atomic E-state index is 0.535. The average molecular weight is 207 g/mol. The van der Waals surface area contributed by atoms with Gasteiger partial charge in [-0.05, 0) is 32.8 Å². The van der Waals surface area contributed by atoms with Crippen molar-refractivity contribution in [2.24, 2.45) is 0 Å². The Hall–Kier alpha value is -0.830. The summed E-state index contributed by atoms with van der Waals surface area (Å²) in [5.74, 6) is 0.535. The Kier molecular flexibility index (Phi) is 3.10. The van der Waals surface area contributed by atoms with Gasteiger partial charge in [0.15, 0.2) is 0 Å². The maximum atomic E-state index is 4.32. The van der Waals surface area contributed by atoms with Gasteiger partial charge in [-0.15, -0.1) is 0 Å². The van der Waals surface area contributed by atoms with Gasteiger partial charge in [0.1, 0.15) is 0 Å². The summed E-state index contributed by atoms with van der Waals surface area (Å²) in [5.41, 5.74) is 1.35. The molecule has 1 aliphatic carbocycles. The van der Waals surface area contributed by atoms with Crippen LogP contribution in [0.15, 0.2) is 12.3 Å². The summed E-state index contributed by atoms with van der Waals surface area (Å²) in [6, 6.07) is 3.46. The van der Waals surface area contributed by atoms with Crippen molar-refractivity contribution in [3.8, 4) is 0 Å². The van der Waals surface area contributed by atoms with Gasteiger partial charge in [-0.25, -0.2) is 0 Å². The van der Waals surface area contributed by atoms with E-state index in [9.17, 15) is 0 Å². The van der Waals surface area contributed by atoms with Crippen LogP contribution in [0.5, 0.6) is 0 Å². The SMILES string of the molecule is CCn1nccc1C(C)C(C)NC1CC1. The van der Waals surface area contributed by atoms with Crippen LogP contribution in [0.4, 0.5) is 0 Å². The molecule has 15 heavy (non-hydrogen) atoms. The molecule has 1 aliphatic rings. The Morgan fingerprint density at radius 1 is 1.53 bits per heavy atom. The van der Waals surface area contributed by atoms with Crippen molar-refractivity contribution in [3.63, 3.8) is 0 Å². The van der Waals surface area contributed by atoms with Crippen LogP contribution in [0.1, 0.15) is 45.2 Å². The number of rotatable bonds is 5. The van der Waals surface area contributed by atoms with Crippen molar-refractivity contribution in [3.05, 3.63) is 18.0 Å². The third kappa shape index (κ3) is 2.40. The average Bonchev–Trinajstić information content (AvgIpc) is 2.92. The second-order valence-corrected chi connectivity index (χ2v) is 4.59. The van der Waals surface area contributed by atoms with Gasteiger partial charge in [0.05, 0.1) is 0 Å². The summed E-state index contributed by atoms with van der Waals surface area (Å²) in [6.07, 6.45) is 4.60. The van der Waals surface area contributed by atoms with Crippen LogP contribution in [-0.4, -0.2) is 21.9 Å². The number of nitrogens with one attached hydrogen (secondary N) is 1. The van der Waals surface area contributed by atoms with Crippen molar-refractivity contribution >= 4 is 0 Å². The molecule has 1 saturated carbocycles. The molecular weight excluding hydrogens is 186 g/mol. The van der Waals surface area contributed by atoms with Crippen LogP contribution < -0.4 is 5.32 Å². The van der Waals surface area contributed by atoms with Crippen LogP contribution in [-0.2, 0) is 6.54 Å². The summed E-state index contributed by atoms with van der Waals surface area (Å²) in [6.45, 7) is 7.66. The van der Waals surface area contributed by atoms with E-state index in [4.69, 9.17) is 0 Å². The number of hydrogen-bond donors (Lipinski definition) is 1. The molecule has 1 aromatic rings. The summed E-state index contributed by atoms with van der Waals surface area (Å²) in [5, 5.41) is 7.97. The lowest BCUT2D eigenvalue weighted by Crippen LogP contribution is -2.33. The van der Waals surface area contributed by atoms with Crippen molar-refractivity contribution in [2.45, 2.75) is 58.2 Å². The number of hydrogen-bond acceptors (Lipinski definition) is 2. The van der Waals surface area contributed by atoms with Crippen LogP contribution in [0.25, 0.3) is 0 Å². The van der Waals surface area contributed by atoms with E-state index in [0.29, 0.717) is 12.0 Å². The predicted molar refractivity (Wildman–Crippen MR) is 61.9 cm³/mol. The Labute approximate surface area is 91.9 Å². The summed E-state index contributed by atoms with van der Waals surface area (Å²) >= 11 is 0. The molecular formula is C12H21N3. The van der Waals surface area contributed by atoms with E-state index in [2.05, 4.69) is 41.9 Å². The van der Waals surface area contributed by atoms with Gasteiger partial charge in [-0.1, -0.05) is 6.92 Å². The van der Waals surface area contributed by atoms with Gasteiger partial charge in [0.2, 0.25) is 0 Å². The van der Waals surface area contributed by atoms with E-state index < -0.39 is 0 Å². The van der Waals surface area contributed by atoms with E-state index in [0.717, 1.165) is 12.6 Å². The molecule has 0 aliphatic heterocycles.